The summed E-state index contributed by atoms with van der Waals surface area (Å²) in [5, 5.41) is 0. The van der Waals surface area contributed by atoms with Crippen LogP contribution >= 0.6 is 22.6 Å². The fraction of sp³-hybridized carbons (Fsp3) is 0.364. The maximum Gasteiger partial charge on any atom is 0.268 e. The molecule has 0 spiro atoms. The third-order valence-electron chi connectivity index (χ3n) is 2.45. The number of hydrogen-bond donors (Lipinski definition) is 0. The van der Waals surface area contributed by atoms with Crippen molar-refractivity contribution in [3.63, 3.8) is 0 Å². The lowest BCUT2D eigenvalue weighted by atomic mass is 10.2. The van der Waals surface area contributed by atoms with Gasteiger partial charge >= 0.3 is 0 Å². The van der Waals surface area contributed by atoms with Crippen LogP contribution in [0.3, 0.4) is 0 Å². The molecule has 0 aliphatic carbocycles. The third kappa shape index (κ3) is 2.51. The summed E-state index contributed by atoms with van der Waals surface area (Å²) < 4.78 is 31.2. The molecule has 0 bridgehead atoms. The second-order valence-electron chi connectivity index (χ2n) is 3.71. The van der Waals surface area contributed by atoms with Crippen molar-refractivity contribution in [3.8, 4) is 5.75 Å². The van der Waals surface area contributed by atoms with Gasteiger partial charge in [-0.25, -0.2) is 8.78 Å². The molecule has 0 saturated heterocycles. The highest BCUT2D eigenvalue weighted by molar-refractivity contribution is 14.1. The van der Waals surface area contributed by atoms with E-state index in [9.17, 15) is 13.6 Å². The topological polar surface area (TPSA) is 29.5 Å². The molecule has 1 aliphatic heterocycles. The summed E-state index contributed by atoms with van der Waals surface area (Å²) in [5.41, 5.74) is 0.411. The van der Waals surface area contributed by atoms with Crippen LogP contribution in [-0.4, -0.2) is 25.0 Å². The van der Waals surface area contributed by atoms with Crippen molar-refractivity contribution >= 4 is 34.2 Å². The second-order valence-corrected chi connectivity index (χ2v) is 4.96. The van der Waals surface area contributed by atoms with E-state index in [1.807, 2.05) is 0 Å². The molecule has 1 atom stereocenters. The van der Waals surface area contributed by atoms with Gasteiger partial charge in [0.2, 0.25) is 0 Å². The first kappa shape index (κ1) is 12.5. The Balaban J connectivity index is 2.41. The van der Waals surface area contributed by atoms with Gasteiger partial charge in [0, 0.05) is 3.57 Å². The molecular weight excluding hydrogens is 343 g/mol. The molecule has 92 valence electrons. The molecule has 0 N–H and O–H groups in total. The highest BCUT2D eigenvalue weighted by Gasteiger charge is 2.32. The predicted molar refractivity (Wildman–Crippen MR) is 67.6 cm³/mol. The van der Waals surface area contributed by atoms with Crippen LogP contribution in [0.4, 0.5) is 14.5 Å². The maximum atomic E-state index is 12.5. The van der Waals surface area contributed by atoms with Crippen LogP contribution in [0.5, 0.6) is 5.75 Å². The fourth-order valence-electron chi connectivity index (χ4n) is 1.71. The smallest absolute Gasteiger partial charge is 0.268 e. The van der Waals surface area contributed by atoms with Gasteiger partial charge in [0.05, 0.1) is 12.2 Å². The molecule has 1 aliphatic rings. The molecule has 2 rings (SSSR count). The molecule has 1 aromatic carbocycles. The summed E-state index contributed by atoms with van der Waals surface area (Å²) in [5.74, 6) is 0.0451. The van der Waals surface area contributed by atoms with Crippen molar-refractivity contribution in [2.45, 2.75) is 19.5 Å². The van der Waals surface area contributed by atoms with Crippen LogP contribution in [0.15, 0.2) is 18.2 Å². The molecular formula is C11H10F2INO2. The molecule has 0 fully saturated rings. The van der Waals surface area contributed by atoms with Crippen molar-refractivity contribution in [2.75, 3.05) is 11.4 Å². The second kappa shape index (κ2) is 4.75. The first-order chi connectivity index (χ1) is 7.99. The quantitative estimate of drug-likeness (QED) is 0.766. The number of benzene rings is 1. The summed E-state index contributed by atoms with van der Waals surface area (Å²) in [7, 11) is 0. The Kier molecular flexibility index (Phi) is 3.50. The van der Waals surface area contributed by atoms with Gasteiger partial charge < -0.3 is 9.64 Å². The van der Waals surface area contributed by atoms with Gasteiger partial charge in [-0.05, 0) is 47.7 Å². The average Bonchev–Trinajstić information content (AvgIpc) is 2.24. The van der Waals surface area contributed by atoms with Gasteiger partial charge in [0.15, 0.2) is 6.10 Å². The summed E-state index contributed by atoms with van der Waals surface area (Å²) in [6.45, 7) is 0.962. The lowest BCUT2D eigenvalue weighted by Gasteiger charge is -2.32. The van der Waals surface area contributed by atoms with Crippen molar-refractivity contribution in [1.82, 2.24) is 0 Å². The highest BCUT2D eigenvalue weighted by Crippen LogP contribution is 2.35. The number of alkyl halides is 2. The Bertz CT molecular complexity index is 453. The van der Waals surface area contributed by atoms with Crippen molar-refractivity contribution < 1.29 is 18.3 Å². The molecule has 1 amide bonds. The Morgan fingerprint density at radius 3 is 2.88 bits per heavy atom. The van der Waals surface area contributed by atoms with E-state index in [1.165, 1.54) is 0 Å². The van der Waals surface area contributed by atoms with Crippen LogP contribution < -0.4 is 9.64 Å². The van der Waals surface area contributed by atoms with Crippen molar-refractivity contribution in [1.29, 1.82) is 0 Å². The minimum absolute atomic E-state index is 0.411. The Labute approximate surface area is 111 Å². The normalized spacial score (nSPS) is 19.2. The van der Waals surface area contributed by atoms with E-state index in [4.69, 9.17) is 4.74 Å². The third-order valence-corrected chi connectivity index (χ3v) is 3.12. The first-order valence-electron chi connectivity index (χ1n) is 5.05. The first-order valence-corrected chi connectivity index (χ1v) is 6.12. The molecule has 6 heteroatoms. The summed E-state index contributed by atoms with van der Waals surface area (Å²) in [4.78, 5) is 12.9. The minimum Gasteiger partial charge on any atom is -0.479 e. The molecule has 0 radical (unpaired) electrons. The van der Waals surface area contributed by atoms with Gasteiger partial charge in [-0.3, -0.25) is 4.79 Å². The number of hydrogen-bond acceptors (Lipinski definition) is 2. The van der Waals surface area contributed by atoms with E-state index in [-0.39, 0.29) is 0 Å². The number of rotatable bonds is 2. The number of carbonyl (C=O) groups excluding carboxylic acids is 1. The summed E-state index contributed by atoms with van der Waals surface area (Å²) in [6.07, 6.45) is -3.28. The monoisotopic (exact) mass is 353 g/mol. The van der Waals surface area contributed by atoms with Crippen molar-refractivity contribution in [3.05, 3.63) is 21.8 Å². The van der Waals surface area contributed by atoms with E-state index < -0.39 is 25.0 Å². The number of halogens is 3. The molecule has 3 nitrogen and oxygen atoms in total. The van der Waals surface area contributed by atoms with Crippen LogP contribution in [0, 0.1) is 3.57 Å². The number of anilines is 1. The lowest BCUT2D eigenvalue weighted by molar-refractivity contribution is -0.126. The zero-order chi connectivity index (χ0) is 12.6. The SMILES string of the molecule is CC1Oc2cc(I)ccc2N(CC(F)F)C1=O. The molecule has 1 aromatic rings. The molecule has 1 heterocycles. The molecule has 0 saturated carbocycles. The highest BCUT2D eigenvalue weighted by atomic mass is 127. The van der Waals surface area contributed by atoms with Gasteiger partial charge in [0.1, 0.15) is 5.75 Å². The zero-order valence-electron chi connectivity index (χ0n) is 8.99. The van der Waals surface area contributed by atoms with E-state index in [0.29, 0.717) is 11.4 Å². The van der Waals surface area contributed by atoms with E-state index in [0.717, 1.165) is 8.47 Å². The van der Waals surface area contributed by atoms with Crippen LogP contribution in [0.2, 0.25) is 0 Å². The number of amides is 1. The minimum atomic E-state index is -2.56. The number of nitrogens with zero attached hydrogens (tertiary/aromatic N) is 1. The standard InChI is InChI=1S/C11H10F2INO2/c1-6-11(16)15(5-10(12)13)8-3-2-7(14)4-9(8)17-6/h2-4,6,10H,5H2,1H3. The van der Waals surface area contributed by atoms with E-state index >= 15 is 0 Å². The Hall–Kier alpha value is -0.920. The van der Waals surface area contributed by atoms with Crippen LogP contribution in [-0.2, 0) is 4.79 Å². The zero-order valence-corrected chi connectivity index (χ0v) is 11.1. The predicted octanol–water partition coefficient (Wildman–Crippen LogP) is 2.67. The van der Waals surface area contributed by atoms with Gasteiger partial charge in [-0.2, -0.15) is 0 Å². The number of fused-ring (bicyclic) bond motifs is 1. The lowest BCUT2D eigenvalue weighted by Crippen LogP contribution is -2.46. The molecule has 1 unspecified atom stereocenters. The largest absolute Gasteiger partial charge is 0.479 e. The fourth-order valence-corrected chi connectivity index (χ4v) is 2.17. The van der Waals surface area contributed by atoms with Gasteiger partial charge in [0.25, 0.3) is 12.3 Å². The van der Waals surface area contributed by atoms with Gasteiger partial charge in [-0.1, -0.05) is 0 Å². The summed E-state index contributed by atoms with van der Waals surface area (Å²) >= 11 is 2.10. The molecule has 0 aromatic heterocycles. The maximum absolute atomic E-state index is 12.5. The average molecular weight is 353 g/mol. The van der Waals surface area contributed by atoms with Crippen LogP contribution in [0.1, 0.15) is 6.92 Å². The van der Waals surface area contributed by atoms with E-state index in [2.05, 4.69) is 22.6 Å². The number of carbonyl (C=O) groups is 1. The van der Waals surface area contributed by atoms with Crippen LogP contribution in [0.25, 0.3) is 0 Å². The number of ether oxygens (including phenoxy) is 1. The Morgan fingerprint density at radius 2 is 2.24 bits per heavy atom. The van der Waals surface area contributed by atoms with E-state index in [1.54, 1.807) is 25.1 Å². The Morgan fingerprint density at radius 1 is 1.53 bits per heavy atom. The van der Waals surface area contributed by atoms with Crippen molar-refractivity contribution in [2.24, 2.45) is 0 Å². The molecule has 17 heavy (non-hydrogen) atoms. The summed E-state index contributed by atoms with van der Waals surface area (Å²) in [6, 6.07) is 5.12. The van der Waals surface area contributed by atoms with Gasteiger partial charge in [-0.15, -0.1) is 0 Å².